The third-order valence-electron chi connectivity index (χ3n) is 3.27. The molecule has 1 aromatic heterocycles. The van der Waals surface area contributed by atoms with Crippen LogP contribution in [0.3, 0.4) is 0 Å². The van der Waals surface area contributed by atoms with Crippen LogP contribution in [0.25, 0.3) is 0 Å². The molecular weight excluding hydrogens is 204 g/mol. The maximum Gasteiger partial charge on any atom is 0.195 e. The minimum atomic E-state index is -0.405. The lowest BCUT2D eigenvalue weighted by molar-refractivity contribution is 0.251. The number of nitrogens with two attached hydrogens (primary N) is 1. The largest absolute Gasteiger partial charge is 0.444 e. The fourth-order valence-electron chi connectivity index (χ4n) is 2.03. The van der Waals surface area contributed by atoms with Crippen molar-refractivity contribution in [1.29, 1.82) is 0 Å². The predicted molar refractivity (Wildman–Crippen MR) is 63.3 cm³/mol. The van der Waals surface area contributed by atoms with Gasteiger partial charge in [-0.15, -0.1) is 0 Å². The van der Waals surface area contributed by atoms with Crippen LogP contribution < -0.4 is 10.6 Å². The molecule has 4 nitrogen and oxygen atoms in total. The van der Waals surface area contributed by atoms with Gasteiger partial charge in [-0.25, -0.2) is 0 Å². The molecular formula is C12H20N2O2. The van der Waals surface area contributed by atoms with Crippen molar-refractivity contribution in [2.75, 3.05) is 24.6 Å². The molecule has 1 saturated heterocycles. The van der Waals surface area contributed by atoms with E-state index in [0.29, 0.717) is 5.76 Å². The second-order valence-corrected chi connectivity index (χ2v) is 4.63. The van der Waals surface area contributed by atoms with E-state index in [4.69, 9.17) is 15.3 Å². The van der Waals surface area contributed by atoms with Crippen molar-refractivity contribution in [3.63, 3.8) is 0 Å². The zero-order valence-corrected chi connectivity index (χ0v) is 9.72. The Bertz CT molecular complexity index is 330. The van der Waals surface area contributed by atoms with E-state index < -0.39 is 6.04 Å². The van der Waals surface area contributed by atoms with Gasteiger partial charge in [0.05, 0.1) is 12.6 Å². The van der Waals surface area contributed by atoms with Gasteiger partial charge in [0.1, 0.15) is 5.76 Å². The zero-order chi connectivity index (χ0) is 11.5. The zero-order valence-electron chi connectivity index (χ0n) is 9.72. The van der Waals surface area contributed by atoms with E-state index in [1.165, 1.54) is 12.8 Å². The Labute approximate surface area is 96.0 Å². The molecule has 0 bridgehead atoms. The molecule has 0 aromatic carbocycles. The van der Waals surface area contributed by atoms with Gasteiger partial charge < -0.3 is 20.2 Å². The van der Waals surface area contributed by atoms with E-state index >= 15 is 0 Å². The van der Waals surface area contributed by atoms with Crippen molar-refractivity contribution in [3.05, 3.63) is 17.9 Å². The van der Waals surface area contributed by atoms with Crippen molar-refractivity contribution >= 4 is 5.88 Å². The van der Waals surface area contributed by atoms with Gasteiger partial charge in [-0.1, -0.05) is 6.92 Å². The van der Waals surface area contributed by atoms with E-state index in [2.05, 4.69) is 11.8 Å². The molecule has 0 spiro atoms. The molecule has 4 heteroatoms. The first-order valence-corrected chi connectivity index (χ1v) is 5.92. The van der Waals surface area contributed by atoms with Gasteiger partial charge in [0.25, 0.3) is 0 Å². The van der Waals surface area contributed by atoms with Crippen LogP contribution in [0, 0.1) is 5.92 Å². The molecule has 1 aliphatic heterocycles. The maximum atomic E-state index is 8.94. The summed E-state index contributed by atoms with van der Waals surface area (Å²) in [5.74, 6) is 2.35. The number of nitrogens with zero attached hydrogens (tertiary/aromatic N) is 1. The lowest BCUT2D eigenvalue weighted by atomic mass is 9.99. The van der Waals surface area contributed by atoms with Gasteiger partial charge in [0, 0.05) is 19.2 Å². The summed E-state index contributed by atoms with van der Waals surface area (Å²) in [4.78, 5) is 2.24. The summed E-state index contributed by atoms with van der Waals surface area (Å²) >= 11 is 0. The average Bonchev–Trinajstić information content (AvgIpc) is 2.78. The van der Waals surface area contributed by atoms with E-state index in [1.807, 2.05) is 12.1 Å². The first-order chi connectivity index (χ1) is 7.70. The molecule has 1 fully saturated rings. The van der Waals surface area contributed by atoms with Crippen LogP contribution in [0.5, 0.6) is 0 Å². The lowest BCUT2D eigenvalue weighted by Gasteiger charge is -2.29. The van der Waals surface area contributed by atoms with E-state index in [1.54, 1.807) is 0 Å². The van der Waals surface area contributed by atoms with Crippen molar-refractivity contribution in [1.82, 2.24) is 0 Å². The molecule has 0 saturated carbocycles. The number of aliphatic hydroxyl groups is 1. The van der Waals surface area contributed by atoms with Crippen LogP contribution in [0.15, 0.2) is 16.5 Å². The van der Waals surface area contributed by atoms with Gasteiger partial charge in [-0.05, 0) is 24.8 Å². The Morgan fingerprint density at radius 1 is 1.50 bits per heavy atom. The summed E-state index contributed by atoms with van der Waals surface area (Å²) in [7, 11) is 0. The van der Waals surface area contributed by atoms with E-state index in [9.17, 15) is 0 Å². The molecule has 2 heterocycles. The van der Waals surface area contributed by atoms with Crippen molar-refractivity contribution in [2.45, 2.75) is 25.8 Å². The van der Waals surface area contributed by atoms with Gasteiger partial charge in [-0.3, -0.25) is 0 Å². The number of hydrogen-bond donors (Lipinski definition) is 2. The fraction of sp³-hybridized carbons (Fsp3) is 0.667. The molecule has 3 N–H and O–H groups in total. The van der Waals surface area contributed by atoms with Gasteiger partial charge in [0.15, 0.2) is 5.88 Å². The Kier molecular flexibility index (Phi) is 3.51. The third-order valence-corrected chi connectivity index (χ3v) is 3.27. The summed E-state index contributed by atoms with van der Waals surface area (Å²) in [6.45, 7) is 4.29. The predicted octanol–water partition coefficient (Wildman–Crippen LogP) is 1.51. The Morgan fingerprint density at radius 2 is 2.19 bits per heavy atom. The Hall–Kier alpha value is -1.00. The van der Waals surface area contributed by atoms with E-state index in [0.717, 1.165) is 24.9 Å². The number of piperidine rings is 1. The second kappa shape index (κ2) is 4.89. The van der Waals surface area contributed by atoms with Crippen LogP contribution in [0.2, 0.25) is 0 Å². The molecule has 90 valence electrons. The van der Waals surface area contributed by atoms with Gasteiger partial charge >= 0.3 is 0 Å². The fourth-order valence-corrected chi connectivity index (χ4v) is 2.03. The van der Waals surface area contributed by atoms with Crippen molar-refractivity contribution in [2.24, 2.45) is 11.7 Å². The molecule has 16 heavy (non-hydrogen) atoms. The third kappa shape index (κ3) is 2.39. The maximum absolute atomic E-state index is 8.94. The van der Waals surface area contributed by atoms with Crippen LogP contribution >= 0.6 is 0 Å². The highest BCUT2D eigenvalue weighted by atomic mass is 16.4. The standard InChI is InChI=1S/C12H20N2O2/c1-9-4-6-14(7-5-9)12-3-2-11(16-12)10(13)8-15/h2-3,9-10,15H,4-8,13H2,1H3/t10-/m0/s1. The normalized spacial score (nSPS) is 20.1. The summed E-state index contributed by atoms with van der Waals surface area (Å²) in [5, 5.41) is 8.94. The molecule has 1 aliphatic rings. The Balaban J connectivity index is 2.01. The number of anilines is 1. The molecule has 1 aromatic rings. The summed E-state index contributed by atoms with van der Waals surface area (Å²) in [5.41, 5.74) is 5.70. The van der Waals surface area contributed by atoms with Crippen LogP contribution in [-0.4, -0.2) is 24.8 Å². The van der Waals surface area contributed by atoms with E-state index in [-0.39, 0.29) is 6.61 Å². The number of aliphatic hydroxyl groups excluding tert-OH is 1. The molecule has 1 atom stereocenters. The smallest absolute Gasteiger partial charge is 0.195 e. The monoisotopic (exact) mass is 224 g/mol. The highest BCUT2D eigenvalue weighted by Crippen LogP contribution is 2.26. The molecule has 0 amide bonds. The highest BCUT2D eigenvalue weighted by Gasteiger charge is 2.19. The average molecular weight is 224 g/mol. The van der Waals surface area contributed by atoms with Crippen LogP contribution in [0.4, 0.5) is 5.88 Å². The second-order valence-electron chi connectivity index (χ2n) is 4.63. The topological polar surface area (TPSA) is 62.6 Å². The quantitative estimate of drug-likeness (QED) is 0.817. The molecule has 0 aliphatic carbocycles. The van der Waals surface area contributed by atoms with Crippen LogP contribution in [-0.2, 0) is 0 Å². The SMILES string of the molecule is CC1CCN(c2ccc([C@@H](N)CO)o2)CC1. The van der Waals surface area contributed by atoms with Crippen molar-refractivity contribution < 1.29 is 9.52 Å². The minimum absolute atomic E-state index is 0.0794. The van der Waals surface area contributed by atoms with Gasteiger partial charge in [0.2, 0.25) is 0 Å². The number of hydrogen-bond acceptors (Lipinski definition) is 4. The summed E-state index contributed by atoms with van der Waals surface area (Å²) in [6.07, 6.45) is 2.42. The highest BCUT2D eigenvalue weighted by molar-refractivity contribution is 5.37. The molecule has 0 unspecified atom stereocenters. The lowest BCUT2D eigenvalue weighted by Crippen LogP contribution is -2.32. The van der Waals surface area contributed by atoms with Crippen LogP contribution in [0.1, 0.15) is 31.6 Å². The number of rotatable bonds is 3. The summed E-state index contributed by atoms with van der Waals surface area (Å²) < 4.78 is 5.65. The Morgan fingerprint density at radius 3 is 2.81 bits per heavy atom. The minimum Gasteiger partial charge on any atom is -0.444 e. The first kappa shape index (κ1) is 11.5. The molecule has 0 radical (unpaired) electrons. The number of furan rings is 1. The molecule has 2 rings (SSSR count). The summed E-state index contributed by atoms with van der Waals surface area (Å²) in [6, 6.07) is 3.40. The van der Waals surface area contributed by atoms with Crippen molar-refractivity contribution in [3.8, 4) is 0 Å². The first-order valence-electron chi connectivity index (χ1n) is 5.92. The van der Waals surface area contributed by atoms with Gasteiger partial charge in [-0.2, -0.15) is 0 Å².